The van der Waals surface area contributed by atoms with Crippen LogP contribution < -0.4 is 4.90 Å². The molecule has 0 unspecified atom stereocenters. The quantitative estimate of drug-likeness (QED) is 0.420. The fraction of sp³-hybridized carbons (Fsp3) is 0.333. The second kappa shape index (κ2) is 11.2. The van der Waals surface area contributed by atoms with Gasteiger partial charge in [0, 0.05) is 22.9 Å². The van der Waals surface area contributed by atoms with Crippen LogP contribution in [0, 0.1) is 0 Å². The van der Waals surface area contributed by atoms with Crippen LogP contribution in [0.3, 0.4) is 0 Å². The van der Waals surface area contributed by atoms with E-state index in [1.54, 1.807) is 34.9 Å². The van der Waals surface area contributed by atoms with Crippen molar-refractivity contribution in [3.05, 3.63) is 48.0 Å². The van der Waals surface area contributed by atoms with E-state index in [1.165, 1.54) is 4.90 Å². The standard InChI is InChI=1S/C21H25N3OS3.ClH/c1-23(2)12-13-24(19(25)14-15-8-10-16(26-3)11-9-15)21-22-20-17(27-4)6-5-7-18(20)28-21;/h5-11H,12-14H2,1-4H3;1H. The summed E-state index contributed by atoms with van der Waals surface area (Å²) in [6.07, 6.45) is 4.49. The third-order valence-electron chi connectivity index (χ3n) is 4.41. The maximum Gasteiger partial charge on any atom is 0.233 e. The molecule has 8 heteroatoms. The molecule has 0 bridgehead atoms. The fourth-order valence-electron chi connectivity index (χ4n) is 2.83. The molecule has 3 aromatic rings. The summed E-state index contributed by atoms with van der Waals surface area (Å²) >= 11 is 4.98. The molecule has 0 saturated carbocycles. The average Bonchev–Trinajstić information content (AvgIpc) is 3.12. The van der Waals surface area contributed by atoms with Gasteiger partial charge in [-0.1, -0.05) is 29.5 Å². The molecule has 0 aliphatic heterocycles. The Morgan fingerprint density at radius 3 is 2.38 bits per heavy atom. The van der Waals surface area contributed by atoms with Crippen LogP contribution in [0.5, 0.6) is 0 Å². The number of fused-ring (bicyclic) bond motifs is 1. The number of aromatic nitrogens is 1. The monoisotopic (exact) mass is 467 g/mol. The van der Waals surface area contributed by atoms with Crippen molar-refractivity contribution in [3.8, 4) is 0 Å². The highest BCUT2D eigenvalue weighted by Gasteiger charge is 2.21. The topological polar surface area (TPSA) is 36.4 Å². The molecule has 156 valence electrons. The van der Waals surface area contributed by atoms with Crippen LogP contribution in [-0.2, 0) is 11.2 Å². The first kappa shape index (κ1) is 24.0. The van der Waals surface area contributed by atoms with E-state index in [-0.39, 0.29) is 18.3 Å². The Kier molecular flexibility index (Phi) is 9.30. The summed E-state index contributed by atoms with van der Waals surface area (Å²) in [6, 6.07) is 14.4. The number of thioether (sulfide) groups is 2. The Morgan fingerprint density at radius 1 is 1.03 bits per heavy atom. The number of halogens is 1. The van der Waals surface area contributed by atoms with Gasteiger partial charge in [0.1, 0.15) is 0 Å². The molecule has 1 heterocycles. The van der Waals surface area contributed by atoms with Gasteiger partial charge in [-0.3, -0.25) is 9.69 Å². The van der Waals surface area contributed by atoms with Crippen molar-refractivity contribution < 1.29 is 4.79 Å². The Labute approximate surface area is 191 Å². The molecule has 0 atom stereocenters. The number of anilines is 1. The number of thiazole rings is 1. The van der Waals surface area contributed by atoms with Crippen LogP contribution in [0.4, 0.5) is 5.13 Å². The van der Waals surface area contributed by atoms with Crippen LogP contribution in [0.1, 0.15) is 5.56 Å². The Morgan fingerprint density at radius 2 is 1.76 bits per heavy atom. The zero-order valence-electron chi connectivity index (χ0n) is 17.0. The van der Waals surface area contributed by atoms with Crippen LogP contribution in [0.25, 0.3) is 10.2 Å². The summed E-state index contributed by atoms with van der Waals surface area (Å²) in [7, 11) is 4.04. The minimum absolute atomic E-state index is 0. The molecule has 1 aromatic heterocycles. The van der Waals surface area contributed by atoms with Crippen LogP contribution >= 0.6 is 47.3 Å². The third kappa shape index (κ3) is 6.12. The van der Waals surface area contributed by atoms with Gasteiger partial charge in [-0.2, -0.15) is 0 Å². The van der Waals surface area contributed by atoms with Crippen molar-refractivity contribution in [2.75, 3.05) is 44.6 Å². The number of likely N-dealkylation sites (N-methyl/N-ethyl adjacent to an activating group) is 1. The summed E-state index contributed by atoms with van der Waals surface area (Å²) in [4.78, 5) is 24.3. The summed E-state index contributed by atoms with van der Waals surface area (Å²) < 4.78 is 1.12. The predicted octanol–water partition coefficient (Wildman–Crippen LogP) is 5.30. The van der Waals surface area contributed by atoms with Gasteiger partial charge in [0.15, 0.2) is 5.13 Å². The molecule has 1 amide bonds. The van der Waals surface area contributed by atoms with Gasteiger partial charge in [-0.05, 0) is 56.4 Å². The largest absolute Gasteiger partial charge is 0.308 e. The predicted molar refractivity (Wildman–Crippen MR) is 131 cm³/mol. The van der Waals surface area contributed by atoms with E-state index in [2.05, 4.69) is 47.7 Å². The zero-order chi connectivity index (χ0) is 20.1. The smallest absolute Gasteiger partial charge is 0.233 e. The summed E-state index contributed by atoms with van der Waals surface area (Å²) in [5.74, 6) is 0.0866. The Hall–Kier alpha value is -1.25. The maximum atomic E-state index is 13.2. The molecule has 0 fully saturated rings. The lowest BCUT2D eigenvalue weighted by molar-refractivity contribution is -0.118. The number of rotatable bonds is 8. The number of amides is 1. The van der Waals surface area contributed by atoms with Gasteiger partial charge in [0.05, 0.1) is 16.6 Å². The molecule has 0 aliphatic carbocycles. The lowest BCUT2D eigenvalue weighted by atomic mass is 10.1. The van der Waals surface area contributed by atoms with Gasteiger partial charge in [-0.15, -0.1) is 35.9 Å². The van der Waals surface area contributed by atoms with Crippen molar-refractivity contribution in [1.82, 2.24) is 9.88 Å². The van der Waals surface area contributed by atoms with E-state index in [4.69, 9.17) is 4.98 Å². The molecule has 4 nitrogen and oxygen atoms in total. The minimum atomic E-state index is 0. The van der Waals surface area contributed by atoms with Crippen LogP contribution in [0.2, 0.25) is 0 Å². The first-order valence-corrected chi connectivity index (χ1v) is 12.3. The summed E-state index contributed by atoms with van der Waals surface area (Å²) in [6.45, 7) is 1.42. The Balaban J connectivity index is 0.00000300. The van der Waals surface area contributed by atoms with Crippen LogP contribution in [0.15, 0.2) is 52.3 Å². The van der Waals surface area contributed by atoms with Crippen LogP contribution in [-0.4, -0.2) is 55.5 Å². The van der Waals surface area contributed by atoms with E-state index < -0.39 is 0 Å². The number of carbonyl (C=O) groups excluding carboxylic acids is 1. The zero-order valence-corrected chi connectivity index (χ0v) is 20.3. The molecule has 0 radical (unpaired) electrons. The van der Waals surface area contributed by atoms with Crippen molar-refractivity contribution in [2.24, 2.45) is 0 Å². The normalized spacial score (nSPS) is 10.9. The van der Waals surface area contributed by atoms with E-state index in [0.29, 0.717) is 13.0 Å². The van der Waals surface area contributed by atoms with Gasteiger partial charge in [0.25, 0.3) is 0 Å². The van der Waals surface area contributed by atoms with Gasteiger partial charge in [0.2, 0.25) is 5.91 Å². The van der Waals surface area contributed by atoms with Gasteiger partial charge in [-0.25, -0.2) is 4.98 Å². The molecule has 0 spiro atoms. The fourth-order valence-corrected chi connectivity index (χ4v) is 4.90. The number of nitrogens with zero attached hydrogens (tertiary/aromatic N) is 3. The number of carbonyl (C=O) groups is 1. The second-order valence-corrected chi connectivity index (χ2v) is 9.41. The molecule has 2 aromatic carbocycles. The number of hydrogen-bond donors (Lipinski definition) is 0. The highest BCUT2D eigenvalue weighted by atomic mass is 35.5. The summed E-state index contributed by atoms with van der Waals surface area (Å²) in [5, 5.41) is 0.782. The third-order valence-corrected chi connectivity index (χ3v) is 6.96. The second-order valence-electron chi connectivity index (χ2n) is 6.68. The van der Waals surface area contributed by atoms with Crippen molar-refractivity contribution in [3.63, 3.8) is 0 Å². The number of hydrogen-bond acceptors (Lipinski definition) is 6. The molecule has 29 heavy (non-hydrogen) atoms. The van der Waals surface area contributed by atoms with Crippen molar-refractivity contribution in [2.45, 2.75) is 16.2 Å². The molecule has 0 aliphatic rings. The van der Waals surface area contributed by atoms with Crippen molar-refractivity contribution >= 4 is 68.5 Å². The lowest BCUT2D eigenvalue weighted by Crippen LogP contribution is -2.37. The maximum absolute atomic E-state index is 13.2. The highest BCUT2D eigenvalue weighted by Crippen LogP contribution is 2.34. The SMILES string of the molecule is CSc1ccc(CC(=O)N(CCN(C)C)c2nc3c(SC)cccc3s2)cc1.Cl. The highest BCUT2D eigenvalue weighted by molar-refractivity contribution is 7.99. The molecule has 0 N–H and O–H groups in total. The number of para-hydroxylation sites is 1. The first-order valence-electron chi connectivity index (χ1n) is 9.03. The molecular formula is C21H26ClN3OS3. The van der Waals surface area contributed by atoms with Gasteiger partial charge >= 0.3 is 0 Å². The lowest BCUT2D eigenvalue weighted by Gasteiger charge is -2.22. The number of benzene rings is 2. The van der Waals surface area contributed by atoms with E-state index in [9.17, 15) is 4.79 Å². The Bertz CT molecular complexity index is 944. The minimum Gasteiger partial charge on any atom is -0.308 e. The summed E-state index contributed by atoms with van der Waals surface area (Å²) in [5.41, 5.74) is 2.02. The van der Waals surface area contributed by atoms with E-state index in [0.717, 1.165) is 32.4 Å². The first-order chi connectivity index (χ1) is 13.5. The van der Waals surface area contributed by atoms with Crippen molar-refractivity contribution in [1.29, 1.82) is 0 Å². The molecular weight excluding hydrogens is 442 g/mol. The van der Waals surface area contributed by atoms with Gasteiger partial charge < -0.3 is 4.90 Å². The molecule has 3 rings (SSSR count). The van der Waals surface area contributed by atoms with E-state index in [1.807, 2.05) is 31.1 Å². The van der Waals surface area contributed by atoms with E-state index >= 15 is 0 Å². The molecule has 0 saturated heterocycles. The average molecular weight is 468 g/mol.